The lowest BCUT2D eigenvalue weighted by Crippen LogP contribution is -2.41. The smallest absolute Gasteiger partial charge is 0.147 e. The van der Waals surface area contributed by atoms with E-state index in [2.05, 4.69) is 23.8 Å². The molecule has 1 aromatic rings. The van der Waals surface area contributed by atoms with E-state index in [4.69, 9.17) is 0 Å². The van der Waals surface area contributed by atoms with Crippen molar-refractivity contribution in [3.8, 4) is 0 Å². The second-order valence-corrected chi connectivity index (χ2v) is 11.0. The Bertz CT molecular complexity index is 646. The highest BCUT2D eigenvalue weighted by atomic mass is 32.2. The molecule has 9 heteroatoms. The molecule has 0 amide bonds. The maximum absolute atomic E-state index is 11.3. The SMILES string of the molecule is CC(C(C)n1cccn1)N(CCCS(C)(=O)=O)CCCS(C)(=O)=O. The number of aromatic nitrogens is 2. The quantitative estimate of drug-likeness (QED) is 0.570. The van der Waals surface area contributed by atoms with Gasteiger partial charge in [0.15, 0.2) is 0 Å². The standard InChI is InChI=1S/C15H29N3O4S2/c1-14(15(2)18-11-5-8-16-18)17(9-6-12-23(3,19)20)10-7-13-24(4,21)22/h5,8,11,14-15H,6-7,9-10,12-13H2,1-4H3. The normalized spacial score (nSPS) is 15.5. The average Bonchev–Trinajstić information content (AvgIpc) is 2.95. The molecule has 7 nitrogen and oxygen atoms in total. The van der Waals surface area contributed by atoms with Crippen LogP contribution in [0.25, 0.3) is 0 Å². The Morgan fingerprint density at radius 3 is 1.88 bits per heavy atom. The number of nitrogens with zero attached hydrogens (tertiary/aromatic N) is 3. The van der Waals surface area contributed by atoms with E-state index in [-0.39, 0.29) is 23.6 Å². The molecule has 24 heavy (non-hydrogen) atoms. The lowest BCUT2D eigenvalue weighted by molar-refractivity contribution is 0.158. The Labute approximate surface area is 145 Å². The molecule has 0 spiro atoms. The van der Waals surface area contributed by atoms with Gasteiger partial charge in [-0.2, -0.15) is 5.10 Å². The number of hydrogen-bond acceptors (Lipinski definition) is 6. The number of rotatable bonds is 11. The maximum Gasteiger partial charge on any atom is 0.147 e. The summed E-state index contributed by atoms with van der Waals surface area (Å²) in [7, 11) is -5.99. The maximum atomic E-state index is 11.3. The molecule has 0 N–H and O–H groups in total. The van der Waals surface area contributed by atoms with Gasteiger partial charge < -0.3 is 0 Å². The fourth-order valence-corrected chi connectivity index (χ4v) is 3.93. The summed E-state index contributed by atoms with van der Waals surface area (Å²) in [5, 5.41) is 4.26. The molecule has 1 rings (SSSR count). The third-order valence-electron chi connectivity index (χ3n) is 4.14. The Morgan fingerprint density at radius 1 is 1.00 bits per heavy atom. The highest BCUT2D eigenvalue weighted by molar-refractivity contribution is 7.90. The summed E-state index contributed by atoms with van der Waals surface area (Å²) in [5.41, 5.74) is 0. The van der Waals surface area contributed by atoms with E-state index < -0.39 is 19.7 Å². The van der Waals surface area contributed by atoms with Crippen LogP contribution in [0, 0.1) is 0 Å². The van der Waals surface area contributed by atoms with E-state index >= 15 is 0 Å². The molecule has 0 aliphatic carbocycles. The van der Waals surface area contributed by atoms with Crippen molar-refractivity contribution in [1.82, 2.24) is 14.7 Å². The molecule has 0 bridgehead atoms. The molecule has 0 radical (unpaired) electrons. The Morgan fingerprint density at radius 2 is 1.50 bits per heavy atom. The minimum atomic E-state index is -2.99. The largest absolute Gasteiger partial charge is 0.298 e. The number of hydrogen-bond donors (Lipinski definition) is 0. The van der Waals surface area contributed by atoms with Crippen molar-refractivity contribution >= 4 is 19.7 Å². The van der Waals surface area contributed by atoms with Gasteiger partial charge in [-0.05, 0) is 45.8 Å². The van der Waals surface area contributed by atoms with Gasteiger partial charge in [0.05, 0.1) is 17.5 Å². The minimum Gasteiger partial charge on any atom is -0.298 e. The zero-order chi connectivity index (χ0) is 18.4. The first-order valence-corrected chi connectivity index (χ1v) is 12.2. The van der Waals surface area contributed by atoms with E-state index in [1.165, 1.54) is 12.5 Å². The third-order valence-corrected chi connectivity index (χ3v) is 6.20. The van der Waals surface area contributed by atoms with Gasteiger partial charge in [0, 0.05) is 30.9 Å². The minimum absolute atomic E-state index is 0.108. The first-order chi connectivity index (χ1) is 11.0. The molecule has 0 aliphatic rings. The number of sulfone groups is 2. The van der Waals surface area contributed by atoms with Gasteiger partial charge in [-0.25, -0.2) is 16.8 Å². The first kappa shape index (κ1) is 21.1. The summed E-state index contributed by atoms with van der Waals surface area (Å²) in [6.45, 7) is 5.35. The molecule has 1 heterocycles. The summed E-state index contributed by atoms with van der Waals surface area (Å²) in [6.07, 6.45) is 7.16. The second kappa shape index (κ2) is 8.96. The van der Waals surface area contributed by atoms with Crippen LogP contribution in [-0.2, 0) is 19.7 Å². The summed E-state index contributed by atoms with van der Waals surface area (Å²) in [5.74, 6) is 0.275. The average molecular weight is 380 g/mol. The fraction of sp³-hybridized carbons (Fsp3) is 0.800. The fourth-order valence-electron chi connectivity index (χ4n) is 2.63. The van der Waals surface area contributed by atoms with Crippen molar-refractivity contribution in [2.24, 2.45) is 0 Å². The first-order valence-electron chi connectivity index (χ1n) is 8.08. The molecule has 0 aromatic carbocycles. The van der Waals surface area contributed by atoms with E-state index in [1.54, 1.807) is 6.20 Å². The molecular weight excluding hydrogens is 350 g/mol. The molecular formula is C15H29N3O4S2. The van der Waals surface area contributed by atoms with Crippen LogP contribution in [0.2, 0.25) is 0 Å². The molecule has 2 atom stereocenters. The third kappa shape index (κ3) is 8.25. The van der Waals surface area contributed by atoms with E-state index in [0.29, 0.717) is 25.9 Å². The Hall–Kier alpha value is -0.930. The topological polar surface area (TPSA) is 89.3 Å². The summed E-state index contributed by atoms with van der Waals surface area (Å²) in [6, 6.07) is 2.08. The van der Waals surface area contributed by atoms with Crippen LogP contribution in [0.1, 0.15) is 32.7 Å². The Kier molecular flexibility index (Phi) is 7.88. The van der Waals surface area contributed by atoms with Gasteiger partial charge in [0.1, 0.15) is 19.7 Å². The van der Waals surface area contributed by atoms with Crippen LogP contribution >= 0.6 is 0 Å². The van der Waals surface area contributed by atoms with Gasteiger partial charge >= 0.3 is 0 Å². The van der Waals surface area contributed by atoms with Crippen LogP contribution < -0.4 is 0 Å². The van der Waals surface area contributed by atoms with Gasteiger partial charge in [-0.3, -0.25) is 9.58 Å². The molecule has 0 fully saturated rings. The highest BCUT2D eigenvalue weighted by Crippen LogP contribution is 2.17. The zero-order valence-corrected chi connectivity index (χ0v) is 16.6. The summed E-state index contributed by atoms with van der Waals surface area (Å²) < 4.78 is 47.2. The molecule has 2 unspecified atom stereocenters. The predicted octanol–water partition coefficient (Wildman–Crippen LogP) is 1.00. The van der Waals surface area contributed by atoms with E-state index in [9.17, 15) is 16.8 Å². The zero-order valence-electron chi connectivity index (χ0n) is 14.9. The van der Waals surface area contributed by atoms with Crippen molar-refractivity contribution in [3.63, 3.8) is 0 Å². The van der Waals surface area contributed by atoms with Crippen molar-refractivity contribution in [2.45, 2.75) is 38.8 Å². The molecule has 1 aromatic heterocycles. The van der Waals surface area contributed by atoms with Crippen LogP contribution in [0.5, 0.6) is 0 Å². The molecule has 0 aliphatic heterocycles. The molecule has 0 saturated carbocycles. The van der Waals surface area contributed by atoms with Gasteiger partial charge in [-0.15, -0.1) is 0 Å². The Balaban J connectivity index is 2.70. The van der Waals surface area contributed by atoms with Gasteiger partial charge in [0.2, 0.25) is 0 Å². The lowest BCUT2D eigenvalue weighted by atomic mass is 10.1. The van der Waals surface area contributed by atoms with Crippen molar-refractivity contribution in [1.29, 1.82) is 0 Å². The second-order valence-electron chi connectivity index (χ2n) is 6.47. The van der Waals surface area contributed by atoms with Gasteiger partial charge in [-0.1, -0.05) is 0 Å². The van der Waals surface area contributed by atoms with E-state index in [0.717, 1.165) is 0 Å². The molecule has 0 saturated heterocycles. The van der Waals surface area contributed by atoms with Crippen LogP contribution in [-0.4, -0.2) is 74.7 Å². The van der Waals surface area contributed by atoms with Crippen LogP contribution in [0.4, 0.5) is 0 Å². The summed E-state index contributed by atoms with van der Waals surface area (Å²) >= 11 is 0. The lowest BCUT2D eigenvalue weighted by Gasteiger charge is -2.33. The monoisotopic (exact) mass is 379 g/mol. The van der Waals surface area contributed by atoms with E-state index in [1.807, 2.05) is 16.9 Å². The van der Waals surface area contributed by atoms with Crippen molar-refractivity contribution in [3.05, 3.63) is 18.5 Å². The van der Waals surface area contributed by atoms with Gasteiger partial charge in [0.25, 0.3) is 0 Å². The van der Waals surface area contributed by atoms with Crippen molar-refractivity contribution in [2.75, 3.05) is 37.1 Å². The molecule has 140 valence electrons. The van der Waals surface area contributed by atoms with Crippen LogP contribution in [0.15, 0.2) is 18.5 Å². The highest BCUT2D eigenvalue weighted by Gasteiger charge is 2.22. The van der Waals surface area contributed by atoms with Crippen LogP contribution in [0.3, 0.4) is 0 Å². The summed E-state index contributed by atoms with van der Waals surface area (Å²) in [4.78, 5) is 2.16. The van der Waals surface area contributed by atoms with Crippen molar-refractivity contribution < 1.29 is 16.8 Å². The predicted molar refractivity (Wildman–Crippen MR) is 96.6 cm³/mol.